The van der Waals surface area contributed by atoms with E-state index in [2.05, 4.69) is 15.8 Å². The Kier molecular flexibility index (Phi) is 5.41. The van der Waals surface area contributed by atoms with E-state index >= 15 is 0 Å². The summed E-state index contributed by atoms with van der Waals surface area (Å²) in [5.74, 6) is -0.712. The molecule has 0 aliphatic carbocycles. The Morgan fingerprint density at radius 1 is 1.22 bits per heavy atom. The van der Waals surface area contributed by atoms with E-state index in [9.17, 15) is 9.50 Å². The number of nitrogens with zero attached hydrogens (tertiary/aromatic N) is 2. The molecule has 0 bridgehead atoms. The van der Waals surface area contributed by atoms with Crippen molar-refractivity contribution in [2.24, 2.45) is 5.10 Å². The normalized spacial score (nSPS) is 10.6. The molecule has 2 aromatic rings. The molecule has 0 radical (unpaired) electrons. The number of rotatable bonds is 4. The lowest BCUT2D eigenvalue weighted by Gasteiger charge is -2.14. The Balaban J connectivity index is 1.97. The lowest BCUT2D eigenvalue weighted by atomic mass is 10.2. The summed E-state index contributed by atoms with van der Waals surface area (Å²) in [6.07, 6.45) is 1.19. The first-order valence-corrected chi connectivity index (χ1v) is 6.71. The Morgan fingerprint density at radius 3 is 2.57 bits per heavy atom. The number of thiocarbonyl (C=S) groups is 1. The van der Waals surface area contributed by atoms with Gasteiger partial charge in [0.15, 0.2) is 5.11 Å². The fraction of sp³-hybridized carbons (Fsp3) is 0. The summed E-state index contributed by atoms with van der Waals surface area (Å²) in [5.41, 5.74) is 3.20. The fourth-order valence-electron chi connectivity index (χ4n) is 1.61. The highest BCUT2D eigenvalue weighted by molar-refractivity contribution is 7.80. The van der Waals surface area contributed by atoms with E-state index < -0.39 is 0 Å². The van der Waals surface area contributed by atoms with Crippen LogP contribution in [-0.4, -0.2) is 21.7 Å². The Bertz CT molecular complexity index is 722. The van der Waals surface area contributed by atoms with Crippen LogP contribution in [0, 0.1) is 5.82 Å². The molecular formula is C14H12FN4O3S-. The summed E-state index contributed by atoms with van der Waals surface area (Å²) in [6, 6.07) is 9.22. The van der Waals surface area contributed by atoms with Gasteiger partial charge in [0.25, 0.3) is 0 Å². The number of hydrazone groups is 1. The predicted molar refractivity (Wildman–Crippen MR) is 85.3 cm³/mol. The minimum Gasteiger partial charge on any atom is -0.872 e. The van der Waals surface area contributed by atoms with Crippen molar-refractivity contribution in [1.82, 2.24) is 5.43 Å². The van der Waals surface area contributed by atoms with Crippen LogP contribution in [0.1, 0.15) is 5.56 Å². The first-order chi connectivity index (χ1) is 11.0. The summed E-state index contributed by atoms with van der Waals surface area (Å²) in [7, 11) is 0. The number of anilines is 2. The molecule has 0 amide bonds. The van der Waals surface area contributed by atoms with Gasteiger partial charge in [-0.3, -0.25) is 15.8 Å². The molecule has 0 aliphatic heterocycles. The van der Waals surface area contributed by atoms with Crippen molar-refractivity contribution in [1.29, 1.82) is 0 Å². The first-order valence-electron chi connectivity index (χ1n) is 6.30. The number of nitrogens with one attached hydrogen (secondary N) is 2. The van der Waals surface area contributed by atoms with Crippen molar-refractivity contribution in [3.05, 3.63) is 53.8 Å². The van der Waals surface area contributed by atoms with E-state index in [1.807, 2.05) is 0 Å². The quantitative estimate of drug-likeness (QED) is 0.384. The van der Waals surface area contributed by atoms with Gasteiger partial charge in [-0.05, 0) is 54.2 Å². The van der Waals surface area contributed by atoms with Crippen LogP contribution in [0.15, 0.2) is 47.6 Å². The molecule has 120 valence electrons. The standard InChI is InChI=1S/C14H13FN4O3S/c15-10-1-3-11(4-2-10)17-14(23)18-16-8-9-7-12(19(21)22)5-6-13(9)20/h1-8,20-22H,(H2,17,18,23)/p-1/b16-8+. The number of hydrogen-bond donors (Lipinski definition) is 4. The van der Waals surface area contributed by atoms with Crippen LogP contribution in [-0.2, 0) is 0 Å². The third kappa shape index (κ3) is 4.88. The number of benzene rings is 2. The van der Waals surface area contributed by atoms with E-state index in [-0.39, 0.29) is 33.2 Å². The molecule has 0 spiro atoms. The predicted octanol–water partition coefficient (Wildman–Crippen LogP) is 1.80. The molecule has 0 heterocycles. The lowest BCUT2D eigenvalue weighted by Crippen LogP contribution is -2.23. The average Bonchev–Trinajstić information content (AvgIpc) is 2.51. The molecule has 0 unspecified atom stereocenters. The molecule has 0 aromatic heterocycles. The molecule has 0 aliphatic rings. The molecule has 0 fully saturated rings. The smallest absolute Gasteiger partial charge is 0.191 e. The maximum absolute atomic E-state index is 12.8. The van der Waals surface area contributed by atoms with Crippen LogP contribution in [0.25, 0.3) is 0 Å². The first kappa shape index (κ1) is 16.6. The average molecular weight is 335 g/mol. The second-order valence-corrected chi connectivity index (χ2v) is 4.75. The second kappa shape index (κ2) is 7.49. The van der Waals surface area contributed by atoms with Crippen LogP contribution in [0.2, 0.25) is 0 Å². The van der Waals surface area contributed by atoms with Crippen LogP contribution < -0.4 is 21.1 Å². The minimum atomic E-state index is -0.364. The van der Waals surface area contributed by atoms with E-state index in [0.29, 0.717) is 5.69 Å². The molecule has 2 rings (SSSR count). The highest BCUT2D eigenvalue weighted by atomic mass is 32.1. The van der Waals surface area contributed by atoms with Crippen LogP contribution >= 0.6 is 12.2 Å². The molecule has 0 saturated carbocycles. The summed E-state index contributed by atoms with van der Waals surface area (Å²) in [4.78, 5) is 0. The van der Waals surface area contributed by atoms with Crippen molar-refractivity contribution in [3.63, 3.8) is 0 Å². The minimum absolute atomic E-state index is 0.0121. The van der Waals surface area contributed by atoms with E-state index in [1.165, 1.54) is 48.7 Å². The highest BCUT2D eigenvalue weighted by Gasteiger charge is 2.01. The van der Waals surface area contributed by atoms with Gasteiger partial charge in [-0.1, -0.05) is 11.8 Å². The Hall–Kier alpha value is -2.75. The van der Waals surface area contributed by atoms with Gasteiger partial charge in [0.05, 0.1) is 11.9 Å². The van der Waals surface area contributed by atoms with E-state index in [4.69, 9.17) is 22.6 Å². The van der Waals surface area contributed by atoms with Crippen molar-refractivity contribution in [3.8, 4) is 5.75 Å². The van der Waals surface area contributed by atoms with Crippen LogP contribution in [0.3, 0.4) is 0 Å². The monoisotopic (exact) mass is 335 g/mol. The largest absolute Gasteiger partial charge is 0.872 e. The summed E-state index contributed by atoms with van der Waals surface area (Å²) >= 11 is 4.99. The van der Waals surface area contributed by atoms with Crippen molar-refractivity contribution in [2.45, 2.75) is 0 Å². The van der Waals surface area contributed by atoms with Crippen LogP contribution in [0.4, 0.5) is 15.8 Å². The van der Waals surface area contributed by atoms with Gasteiger partial charge in [-0.15, -0.1) is 5.23 Å². The molecule has 0 saturated heterocycles. The van der Waals surface area contributed by atoms with Gasteiger partial charge in [-0.25, -0.2) is 4.39 Å². The highest BCUT2D eigenvalue weighted by Crippen LogP contribution is 2.19. The third-order valence-corrected chi connectivity index (χ3v) is 2.89. The lowest BCUT2D eigenvalue weighted by molar-refractivity contribution is -0.268. The molecule has 9 heteroatoms. The van der Waals surface area contributed by atoms with Crippen molar-refractivity contribution < 1.29 is 19.9 Å². The van der Waals surface area contributed by atoms with Crippen molar-refractivity contribution >= 4 is 34.9 Å². The molecule has 7 nitrogen and oxygen atoms in total. The van der Waals surface area contributed by atoms with Crippen molar-refractivity contribution in [2.75, 3.05) is 10.5 Å². The molecule has 4 N–H and O–H groups in total. The zero-order valence-electron chi connectivity index (χ0n) is 11.6. The second-order valence-electron chi connectivity index (χ2n) is 4.34. The van der Waals surface area contributed by atoms with Gasteiger partial charge in [-0.2, -0.15) is 5.10 Å². The molecule has 2 aromatic carbocycles. The van der Waals surface area contributed by atoms with Gasteiger partial charge in [0, 0.05) is 5.69 Å². The Labute approximate surface area is 136 Å². The summed E-state index contributed by atoms with van der Waals surface area (Å²) < 4.78 is 12.8. The van der Waals surface area contributed by atoms with Gasteiger partial charge < -0.3 is 10.4 Å². The fourth-order valence-corrected chi connectivity index (χ4v) is 1.78. The molecule has 23 heavy (non-hydrogen) atoms. The number of halogens is 1. The zero-order chi connectivity index (χ0) is 16.8. The number of hydrogen-bond acceptors (Lipinski definition) is 6. The zero-order valence-corrected chi connectivity index (χ0v) is 12.4. The maximum Gasteiger partial charge on any atom is 0.191 e. The van der Waals surface area contributed by atoms with E-state index in [0.717, 1.165) is 0 Å². The van der Waals surface area contributed by atoms with E-state index in [1.54, 1.807) is 0 Å². The van der Waals surface area contributed by atoms with Gasteiger partial charge in [0.1, 0.15) is 5.82 Å². The Morgan fingerprint density at radius 2 is 1.91 bits per heavy atom. The maximum atomic E-state index is 12.8. The van der Waals surface area contributed by atoms with Gasteiger partial charge >= 0.3 is 0 Å². The van der Waals surface area contributed by atoms with Crippen LogP contribution in [0.5, 0.6) is 5.75 Å². The summed E-state index contributed by atoms with van der Waals surface area (Å²) in [5, 5.41) is 36.0. The molecular weight excluding hydrogens is 323 g/mol. The summed E-state index contributed by atoms with van der Waals surface area (Å²) in [6.45, 7) is 0. The SMILES string of the molecule is [O-]c1ccc(N(O)O)cc1/C=N/NC(=S)Nc1ccc(F)cc1. The molecule has 0 atom stereocenters. The third-order valence-electron chi connectivity index (χ3n) is 2.70. The van der Waals surface area contributed by atoms with Gasteiger partial charge in [0.2, 0.25) is 0 Å². The topological polar surface area (TPSA) is 103 Å².